The van der Waals surface area contributed by atoms with Gasteiger partial charge in [0, 0.05) is 16.6 Å². The number of nitriles is 1. The first-order chi connectivity index (χ1) is 12.4. The summed E-state index contributed by atoms with van der Waals surface area (Å²) < 4.78 is 6.71. The lowest BCUT2D eigenvalue weighted by Gasteiger charge is -2.10. The molecule has 0 saturated carbocycles. The maximum atomic E-state index is 12.0. The van der Waals surface area contributed by atoms with Crippen molar-refractivity contribution in [3.05, 3.63) is 67.8 Å². The quantitative estimate of drug-likeness (QED) is 0.361. The van der Waals surface area contributed by atoms with E-state index in [-0.39, 0.29) is 17.5 Å². The van der Waals surface area contributed by atoms with Crippen molar-refractivity contribution in [3.8, 4) is 11.8 Å². The smallest absolute Gasteiger partial charge is 0.262 e. The lowest BCUT2D eigenvalue weighted by molar-refractivity contribution is -0.117. The molecule has 134 valence electrons. The molecule has 0 spiro atoms. The summed E-state index contributed by atoms with van der Waals surface area (Å²) in [6, 6.07) is 14.9. The highest BCUT2D eigenvalue weighted by molar-refractivity contribution is 14.1. The summed E-state index contributed by atoms with van der Waals surface area (Å²) in [6.07, 6.45) is 1.57. The van der Waals surface area contributed by atoms with Crippen LogP contribution in [-0.4, -0.2) is 11.9 Å². The predicted octanol–water partition coefficient (Wildman–Crippen LogP) is 4.96. The Morgan fingerprint density at radius 3 is 2.69 bits per heavy atom. The Kier molecular flexibility index (Phi) is 7.49. The number of nitrogens with zero attached hydrogens (tertiary/aromatic N) is 1. The summed E-state index contributed by atoms with van der Waals surface area (Å²) in [6.45, 7) is 4.06. The number of hydrogen-bond acceptors (Lipinski definition) is 3. The fraction of sp³-hybridized carbons (Fsp3) is 0.200. The highest BCUT2D eigenvalue weighted by Crippen LogP contribution is 2.25. The van der Waals surface area contributed by atoms with Crippen LogP contribution in [0, 0.1) is 14.9 Å². The molecule has 0 fully saturated rings. The van der Waals surface area contributed by atoms with Crippen LogP contribution in [0.15, 0.2) is 48.0 Å². The molecule has 0 unspecified atom stereocenters. The molecule has 4 nitrogen and oxygen atoms in total. The van der Waals surface area contributed by atoms with Gasteiger partial charge in [0.25, 0.3) is 5.91 Å². The van der Waals surface area contributed by atoms with Crippen LogP contribution in [0.3, 0.4) is 0 Å². The second-order valence-corrected chi connectivity index (χ2v) is 7.44. The zero-order valence-corrected chi connectivity index (χ0v) is 17.3. The molecule has 0 radical (unpaired) electrons. The van der Waals surface area contributed by atoms with Gasteiger partial charge < -0.3 is 10.1 Å². The van der Waals surface area contributed by atoms with Crippen molar-refractivity contribution in [3.63, 3.8) is 0 Å². The molecule has 1 N–H and O–H groups in total. The first kappa shape index (κ1) is 20.3. The van der Waals surface area contributed by atoms with Gasteiger partial charge in [0.15, 0.2) is 0 Å². The van der Waals surface area contributed by atoms with E-state index in [1.807, 2.05) is 62.4 Å². The molecule has 2 aromatic carbocycles. The van der Waals surface area contributed by atoms with Crippen LogP contribution in [0.2, 0.25) is 5.02 Å². The monoisotopic (exact) mass is 480 g/mol. The molecule has 0 atom stereocenters. The van der Waals surface area contributed by atoms with Gasteiger partial charge in [0.2, 0.25) is 0 Å². The van der Waals surface area contributed by atoms with Gasteiger partial charge in [0.05, 0.1) is 3.57 Å². The standard InChI is InChI=1S/C20H18ClIN2O2/c1-13(2)24-20(25)16(11-23)9-14-7-8-19(18(22)10-14)26-12-15-5-3-4-6-17(15)21/h3-10,13H,12H2,1-2H3,(H,24,25)/b16-9-. The highest BCUT2D eigenvalue weighted by atomic mass is 127. The molecule has 0 aliphatic carbocycles. The van der Waals surface area contributed by atoms with Crippen molar-refractivity contribution in [2.75, 3.05) is 0 Å². The van der Waals surface area contributed by atoms with Crippen LogP contribution in [0.5, 0.6) is 5.75 Å². The molecule has 26 heavy (non-hydrogen) atoms. The van der Waals surface area contributed by atoms with Gasteiger partial charge in [-0.15, -0.1) is 0 Å². The van der Waals surface area contributed by atoms with E-state index in [0.717, 1.165) is 14.7 Å². The van der Waals surface area contributed by atoms with Gasteiger partial charge in [-0.2, -0.15) is 5.26 Å². The van der Waals surface area contributed by atoms with Gasteiger partial charge in [-0.05, 0) is 66.3 Å². The second-order valence-electron chi connectivity index (χ2n) is 5.87. The number of halogens is 2. The van der Waals surface area contributed by atoms with E-state index >= 15 is 0 Å². The summed E-state index contributed by atoms with van der Waals surface area (Å²) >= 11 is 8.30. The van der Waals surface area contributed by atoms with Crippen LogP contribution in [0.4, 0.5) is 0 Å². The molecule has 1 amide bonds. The molecule has 0 saturated heterocycles. The molecule has 0 bridgehead atoms. The van der Waals surface area contributed by atoms with E-state index in [1.54, 1.807) is 6.08 Å². The molecule has 0 aliphatic rings. The predicted molar refractivity (Wildman–Crippen MR) is 112 cm³/mol. The average Bonchev–Trinajstić information content (AvgIpc) is 2.59. The Balaban J connectivity index is 2.13. The Morgan fingerprint density at radius 1 is 1.35 bits per heavy atom. The number of hydrogen-bond donors (Lipinski definition) is 1. The maximum absolute atomic E-state index is 12.0. The van der Waals surface area contributed by atoms with Crippen molar-refractivity contribution in [2.45, 2.75) is 26.5 Å². The van der Waals surface area contributed by atoms with Crippen molar-refractivity contribution < 1.29 is 9.53 Å². The number of carbonyl (C=O) groups is 1. The molecule has 6 heteroatoms. The first-order valence-electron chi connectivity index (χ1n) is 7.99. The van der Waals surface area contributed by atoms with Crippen LogP contribution < -0.4 is 10.1 Å². The fourth-order valence-electron chi connectivity index (χ4n) is 2.15. The van der Waals surface area contributed by atoms with E-state index in [4.69, 9.17) is 16.3 Å². The lowest BCUT2D eigenvalue weighted by Crippen LogP contribution is -2.30. The molecule has 0 heterocycles. The van der Waals surface area contributed by atoms with E-state index < -0.39 is 0 Å². The molecule has 2 rings (SSSR count). The summed E-state index contributed by atoms with van der Waals surface area (Å²) in [5.41, 5.74) is 1.74. The number of carbonyl (C=O) groups excluding carboxylic acids is 1. The SMILES string of the molecule is CC(C)NC(=O)/C(C#N)=C\c1ccc(OCc2ccccc2Cl)c(I)c1. The fourth-order valence-corrected chi connectivity index (χ4v) is 3.04. The second kappa shape index (κ2) is 9.60. The minimum absolute atomic E-state index is 0.0278. The average molecular weight is 481 g/mol. The van der Waals surface area contributed by atoms with Gasteiger partial charge in [0.1, 0.15) is 24.0 Å². The highest BCUT2D eigenvalue weighted by Gasteiger charge is 2.11. The van der Waals surface area contributed by atoms with Gasteiger partial charge >= 0.3 is 0 Å². The minimum atomic E-state index is -0.378. The zero-order chi connectivity index (χ0) is 19.1. The van der Waals surface area contributed by atoms with Gasteiger partial charge in [-0.1, -0.05) is 35.9 Å². The van der Waals surface area contributed by atoms with Crippen LogP contribution in [0.1, 0.15) is 25.0 Å². The van der Waals surface area contributed by atoms with E-state index in [2.05, 4.69) is 27.9 Å². The third-order valence-corrected chi connectivity index (χ3v) is 4.60. The number of ether oxygens (including phenoxy) is 1. The number of rotatable bonds is 6. The minimum Gasteiger partial charge on any atom is -0.488 e. The Morgan fingerprint density at radius 2 is 2.08 bits per heavy atom. The van der Waals surface area contributed by atoms with E-state index in [9.17, 15) is 10.1 Å². The van der Waals surface area contributed by atoms with Gasteiger partial charge in [-0.25, -0.2) is 0 Å². The third-order valence-electron chi connectivity index (χ3n) is 3.39. The number of benzene rings is 2. The molecular formula is C20H18ClIN2O2. The zero-order valence-electron chi connectivity index (χ0n) is 14.4. The van der Waals surface area contributed by atoms with E-state index in [1.165, 1.54) is 0 Å². The normalized spacial score (nSPS) is 11.2. The van der Waals surface area contributed by atoms with Crippen molar-refractivity contribution in [2.24, 2.45) is 0 Å². The first-order valence-corrected chi connectivity index (χ1v) is 9.44. The topological polar surface area (TPSA) is 62.1 Å². The molecular weight excluding hydrogens is 463 g/mol. The Hall–Kier alpha value is -2.04. The Labute approximate surface area is 172 Å². The maximum Gasteiger partial charge on any atom is 0.262 e. The van der Waals surface area contributed by atoms with Crippen molar-refractivity contribution in [1.29, 1.82) is 5.26 Å². The van der Waals surface area contributed by atoms with Crippen LogP contribution in [-0.2, 0) is 11.4 Å². The number of nitrogens with one attached hydrogen (secondary N) is 1. The lowest BCUT2D eigenvalue weighted by atomic mass is 10.1. The van der Waals surface area contributed by atoms with Crippen LogP contribution in [0.25, 0.3) is 6.08 Å². The molecule has 0 aliphatic heterocycles. The van der Waals surface area contributed by atoms with Crippen LogP contribution >= 0.6 is 34.2 Å². The third kappa shape index (κ3) is 5.75. The summed E-state index contributed by atoms with van der Waals surface area (Å²) in [5.74, 6) is 0.337. The van der Waals surface area contributed by atoms with Crippen molar-refractivity contribution in [1.82, 2.24) is 5.32 Å². The largest absolute Gasteiger partial charge is 0.488 e. The number of amides is 1. The summed E-state index contributed by atoms with van der Waals surface area (Å²) in [5, 5.41) is 12.6. The summed E-state index contributed by atoms with van der Waals surface area (Å²) in [4.78, 5) is 12.0. The van der Waals surface area contributed by atoms with E-state index in [0.29, 0.717) is 17.4 Å². The van der Waals surface area contributed by atoms with Crippen molar-refractivity contribution >= 4 is 46.2 Å². The Bertz CT molecular complexity index is 872. The van der Waals surface area contributed by atoms with Gasteiger partial charge in [-0.3, -0.25) is 4.79 Å². The summed E-state index contributed by atoms with van der Waals surface area (Å²) in [7, 11) is 0. The molecule has 2 aromatic rings. The molecule has 0 aromatic heterocycles.